The van der Waals surface area contributed by atoms with Crippen molar-refractivity contribution < 1.29 is 5.11 Å². The minimum absolute atomic E-state index is 0.673. The van der Waals surface area contributed by atoms with Crippen molar-refractivity contribution >= 4 is 0 Å². The Morgan fingerprint density at radius 3 is 2.69 bits per heavy atom. The molecule has 2 rings (SSSR count). The fraction of sp³-hybridized carbons (Fsp3) is 0.429. The molecule has 2 heteroatoms. The highest BCUT2D eigenvalue weighted by Gasteiger charge is 2.30. The number of aliphatic hydroxyl groups is 1. The third-order valence-corrected chi connectivity index (χ3v) is 3.34. The van der Waals surface area contributed by atoms with E-state index in [0.29, 0.717) is 0 Å². The van der Waals surface area contributed by atoms with Crippen LogP contribution in [0.15, 0.2) is 42.5 Å². The summed E-state index contributed by atoms with van der Waals surface area (Å²) < 4.78 is 0. The number of likely N-dealkylation sites (tertiary alicyclic amines) is 1. The van der Waals surface area contributed by atoms with Crippen molar-refractivity contribution in [2.45, 2.75) is 25.5 Å². The summed E-state index contributed by atoms with van der Waals surface area (Å²) in [4.78, 5) is 2.33. The molecule has 0 bridgehead atoms. The van der Waals surface area contributed by atoms with Gasteiger partial charge in [-0.2, -0.15) is 0 Å². The molecule has 1 N–H and O–H groups in total. The number of benzene rings is 1. The molecule has 1 saturated heterocycles. The summed E-state index contributed by atoms with van der Waals surface area (Å²) in [5.41, 5.74) is 1.57. The Labute approximate surface area is 97.2 Å². The second kappa shape index (κ2) is 4.40. The van der Waals surface area contributed by atoms with Crippen LogP contribution in [0.4, 0.5) is 0 Å². The molecule has 1 heterocycles. The van der Waals surface area contributed by atoms with Crippen LogP contribution >= 0.6 is 0 Å². The first-order chi connectivity index (χ1) is 7.58. The monoisotopic (exact) mass is 217 g/mol. The molecule has 0 aromatic heterocycles. The molecule has 0 saturated carbocycles. The largest absolute Gasteiger partial charge is 0.386 e. The molecule has 2 nitrogen and oxygen atoms in total. The van der Waals surface area contributed by atoms with Gasteiger partial charge < -0.3 is 5.11 Å². The molecule has 1 aliphatic heterocycles. The van der Waals surface area contributed by atoms with Gasteiger partial charge in [0.15, 0.2) is 0 Å². The Balaban J connectivity index is 1.97. The number of nitrogens with zero attached hydrogens (tertiary/aromatic N) is 1. The zero-order valence-corrected chi connectivity index (χ0v) is 9.82. The number of rotatable bonds is 2. The Morgan fingerprint density at radius 2 is 2.06 bits per heavy atom. The number of hydrogen-bond acceptors (Lipinski definition) is 2. The Kier molecular flexibility index (Phi) is 3.13. The van der Waals surface area contributed by atoms with E-state index in [2.05, 4.69) is 35.7 Å². The van der Waals surface area contributed by atoms with Crippen LogP contribution in [0.2, 0.25) is 0 Å². The van der Waals surface area contributed by atoms with Crippen LogP contribution in [0, 0.1) is 0 Å². The van der Waals surface area contributed by atoms with Crippen molar-refractivity contribution in [3.8, 4) is 0 Å². The normalized spacial score (nSPS) is 27.0. The van der Waals surface area contributed by atoms with Gasteiger partial charge in [0.25, 0.3) is 0 Å². The van der Waals surface area contributed by atoms with Gasteiger partial charge in [0.05, 0.1) is 5.60 Å². The molecule has 0 amide bonds. The van der Waals surface area contributed by atoms with Crippen molar-refractivity contribution in [1.82, 2.24) is 4.90 Å². The third-order valence-electron chi connectivity index (χ3n) is 3.34. The Bertz CT molecular complexity index is 370. The lowest BCUT2D eigenvalue weighted by atomic mass is 9.89. The predicted molar refractivity (Wildman–Crippen MR) is 66.1 cm³/mol. The Morgan fingerprint density at radius 1 is 1.38 bits per heavy atom. The maximum absolute atomic E-state index is 10.0. The highest BCUT2D eigenvalue weighted by Crippen LogP contribution is 2.26. The van der Waals surface area contributed by atoms with Crippen LogP contribution in [0.25, 0.3) is 0 Å². The quantitative estimate of drug-likeness (QED) is 0.768. The summed E-state index contributed by atoms with van der Waals surface area (Å²) in [7, 11) is 0. The summed E-state index contributed by atoms with van der Waals surface area (Å²) in [6.07, 6.45) is 0.776. The molecule has 1 aromatic carbocycles. The topological polar surface area (TPSA) is 23.5 Å². The standard InChI is InChI=1S/C14H19NO/c1-12-10-15(9-8-14(12,2)16)11-13-6-4-3-5-7-13/h3-7,16H,1,8-11H2,2H3. The molecule has 0 aliphatic carbocycles. The van der Waals surface area contributed by atoms with E-state index >= 15 is 0 Å². The van der Waals surface area contributed by atoms with E-state index in [4.69, 9.17) is 0 Å². The summed E-state index contributed by atoms with van der Waals surface area (Å²) in [6, 6.07) is 10.4. The lowest BCUT2D eigenvalue weighted by molar-refractivity contribution is 0.0425. The summed E-state index contributed by atoms with van der Waals surface area (Å²) in [5, 5.41) is 10.0. The molecule has 0 radical (unpaired) electrons. The van der Waals surface area contributed by atoms with Gasteiger partial charge in [-0.15, -0.1) is 0 Å². The molecular weight excluding hydrogens is 198 g/mol. The van der Waals surface area contributed by atoms with E-state index in [1.54, 1.807) is 0 Å². The summed E-state index contributed by atoms with van der Waals surface area (Å²) in [5.74, 6) is 0. The molecule has 1 atom stereocenters. The maximum atomic E-state index is 10.0. The molecule has 16 heavy (non-hydrogen) atoms. The second-order valence-electron chi connectivity index (χ2n) is 4.82. The van der Waals surface area contributed by atoms with Crippen LogP contribution in [0.1, 0.15) is 18.9 Å². The molecule has 0 spiro atoms. The first kappa shape index (κ1) is 11.4. The van der Waals surface area contributed by atoms with Crippen molar-refractivity contribution in [2.24, 2.45) is 0 Å². The third kappa shape index (κ3) is 2.52. The highest BCUT2D eigenvalue weighted by atomic mass is 16.3. The van der Waals surface area contributed by atoms with Crippen molar-refractivity contribution in [1.29, 1.82) is 0 Å². The lowest BCUT2D eigenvalue weighted by Gasteiger charge is -2.37. The molecule has 86 valence electrons. The first-order valence-corrected chi connectivity index (χ1v) is 5.75. The number of hydrogen-bond donors (Lipinski definition) is 1. The minimum Gasteiger partial charge on any atom is -0.386 e. The van der Waals surface area contributed by atoms with Crippen LogP contribution in [-0.4, -0.2) is 28.7 Å². The van der Waals surface area contributed by atoms with Gasteiger partial charge in [0, 0.05) is 19.6 Å². The van der Waals surface area contributed by atoms with E-state index in [1.165, 1.54) is 5.56 Å². The van der Waals surface area contributed by atoms with Gasteiger partial charge in [-0.3, -0.25) is 4.90 Å². The van der Waals surface area contributed by atoms with Crippen LogP contribution in [-0.2, 0) is 6.54 Å². The lowest BCUT2D eigenvalue weighted by Crippen LogP contribution is -2.43. The molecular formula is C14H19NO. The van der Waals surface area contributed by atoms with E-state index in [0.717, 1.165) is 31.6 Å². The molecule has 1 aromatic rings. The zero-order chi connectivity index (χ0) is 11.6. The fourth-order valence-corrected chi connectivity index (χ4v) is 2.05. The summed E-state index contributed by atoms with van der Waals surface area (Å²) >= 11 is 0. The maximum Gasteiger partial charge on any atom is 0.0850 e. The molecule has 1 fully saturated rings. The van der Waals surface area contributed by atoms with E-state index in [-0.39, 0.29) is 0 Å². The van der Waals surface area contributed by atoms with Crippen LogP contribution < -0.4 is 0 Å². The SMILES string of the molecule is C=C1CN(Cc2ccccc2)CCC1(C)O. The van der Waals surface area contributed by atoms with E-state index in [1.807, 2.05) is 13.0 Å². The molecule has 1 aliphatic rings. The van der Waals surface area contributed by atoms with Gasteiger partial charge in [-0.1, -0.05) is 36.9 Å². The van der Waals surface area contributed by atoms with Crippen molar-refractivity contribution in [3.63, 3.8) is 0 Å². The Hall–Kier alpha value is -1.12. The zero-order valence-electron chi connectivity index (χ0n) is 9.82. The van der Waals surface area contributed by atoms with Gasteiger partial charge in [0.2, 0.25) is 0 Å². The van der Waals surface area contributed by atoms with Gasteiger partial charge in [-0.25, -0.2) is 0 Å². The fourth-order valence-electron chi connectivity index (χ4n) is 2.05. The van der Waals surface area contributed by atoms with Crippen molar-refractivity contribution in [3.05, 3.63) is 48.0 Å². The van der Waals surface area contributed by atoms with E-state index in [9.17, 15) is 5.11 Å². The van der Waals surface area contributed by atoms with E-state index < -0.39 is 5.60 Å². The van der Waals surface area contributed by atoms with Crippen LogP contribution in [0.3, 0.4) is 0 Å². The minimum atomic E-state index is -0.673. The van der Waals surface area contributed by atoms with Gasteiger partial charge in [-0.05, 0) is 24.5 Å². The summed E-state index contributed by atoms with van der Waals surface area (Å²) in [6.45, 7) is 8.49. The van der Waals surface area contributed by atoms with Gasteiger partial charge >= 0.3 is 0 Å². The smallest absolute Gasteiger partial charge is 0.0850 e. The average molecular weight is 217 g/mol. The number of piperidine rings is 1. The predicted octanol–water partition coefficient (Wildman–Crippen LogP) is 2.20. The molecule has 1 unspecified atom stereocenters. The average Bonchev–Trinajstić information content (AvgIpc) is 2.26. The highest BCUT2D eigenvalue weighted by molar-refractivity contribution is 5.18. The van der Waals surface area contributed by atoms with Crippen molar-refractivity contribution in [2.75, 3.05) is 13.1 Å². The van der Waals surface area contributed by atoms with Crippen LogP contribution in [0.5, 0.6) is 0 Å². The second-order valence-corrected chi connectivity index (χ2v) is 4.82. The van der Waals surface area contributed by atoms with Gasteiger partial charge in [0.1, 0.15) is 0 Å². The first-order valence-electron chi connectivity index (χ1n) is 5.75.